The molecule has 1 N–H and O–H groups in total. The third-order valence-corrected chi connectivity index (χ3v) is 8.36. The van der Waals surface area contributed by atoms with Gasteiger partial charge < -0.3 is 14.0 Å². The second kappa shape index (κ2) is 12.9. The van der Waals surface area contributed by atoms with E-state index >= 15 is 0 Å². The Bertz CT molecular complexity index is 1860. The van der Waals surface area contributed by atoms with E-state index in [0.29, 0.717) is 18.0 Å². The first-order chi connectivity index (χ1) is 21.0. The molecule has 0 spiro atoms. The quantitative estimate of drug-likeness (QED) is 0.126. The van der Waals surface area contributed by atoms with Crippen LogP contribution in [0, 0.1) is 0 Å². The van der Waals surface area contributed by atoms with Gasteiger partial charge in [0.15, 0.2) is 0 Å². The summed E-state index contributed by atoms with van der Waals surface area (Å²) in [7, 11) is -3.73. The second-order valence-electron chi connectivity index (χ2n) is 11.6. The topological polar surface area (TPSA) is 99.5 Å². The number of nitrogens with one attached hydrogen (secondary N) is 1. The molecule has 0 saturated heterocycles. The van der Waals surface area contributed by atoms with Gasteiger partial charge in [0.1, 0.15) is 17.2 Å². The molecule has 1 aromatic heterocycles. The molecule has 4 aromatic carbocycles. The van der Waals surface area contributed by atoms with Gasteiger partial charge in [-0.2, -0.15) is 0 Å². The van der Waals surface area contributed by atoms with E-state index in [1.807, 2.05) is 54.6 Å². The molecule has 5 rings (SSSR count). The van der Waals surface area contributed by atoms with E-state index in [4.69, 9.17) is 14.5 Å². The highest BCUT2D eigenvalue weighted by atomic mass is 32.2. The molecule has 0 aliphatic carbocycles. The van der Waals surface area contributed by atoms with Crippen LogP contribution in [0.15, 0.2) is 102 Å². The molecule has 9 heteroatoms. The maximum absolute atomic E-state index is 13.0. The number of carbonyl (C=O) groups is 1. The van der Waals surface area contributed by atoms with Crippen LogP contribution in [-0.4, -0.2) is 29.7 Å². The Morgan fingerprint density at radius 1 is 0.909 bits per heavy atom. The smallest absolute Gasteiger partial charge is 0.428 e. The minimum absolute atomic E-state index is 0.204. The Kier molecular flexibility index (Phi) is 9.06. The first-order valence-corrected chi connectivity index (χ1v) is 16.2. The molecule has 0 atom stereocenters. The van der Waals surface area contributed by atoms with Crippen molar-refractivity contribution in [1.82, 2.24) is 9.55 Å². The van der Waals surface area contributed by atoms with Crippen molar-refractivity contribution in [1.29, 1.82) is 0 Å². The van der Waals surface area contributed by atoms with Crippen LogP contribution in [0.4, 0.5) is 10.5 Å². The fraction of sp³-hybridized carbons (Fsp3) is 0.257. The van der Waals surface area contributed by atoms with Crippen LogP contribution in [-0.2, 0) is 27.7 Å². The van der Waals surface area contributed by atoms with Gasteiger partial charge in [-0.3, -0.25) is 4.72 Å². The van der Waals surface area contributed by atoms with E-state index in [1.54, 1.807) is 63.2 Å². The standard InChI is InChI=1S/C35H37N3O5S/c1-5-6-16-33-36-30-22-21-27(37-44(40,41)28-12-8-7-9-13-28)23-31(30)38(33)24-25-17-19-26(20-18-25)29-14-10-11-15-32(29)42-34(39)43-35(2,3)4/h7-15,17-23,37H,5-6,16,24H2,1-4H3. The number of aryl methyl sites for hydroxylation is 1. The molecule has 0 aliphatic heterocycles. The largest absolute Gasteiger partial charge is 0.514 e. The number of sulfonamides is 1. The summed E-state index contributed by atoms with van der Waals surface area (Å²) in [5.74, 6) is 1.37. The zero-order valence-electron chi connectivity index (χ0n) is 25.4. The third kappa shape index (κ3) is 7.47. The van der Waals surface area contributed by atoms with E-state index in [0.717, 1.165) is 52.8 Å². The molecule has 0 radical (unpaired) electrons. The highest BCUT2D eigenvalue weighted by Gasteiger charge is 2.20. The van der Waals surface area contributed by atoms with Crippen LogP contribution in [0.2, 0.25) is 0 Å². The Labute approximate surface area is 258 Å². The average Bonchev–Trinajstić information content (AvgIpc) is 3.32. The molecular formula is C35H37N3O5S. The number of carbonyl (C=O) groups excluding carboxylic acids is 1. The van der Waals surface area contributed by atoms with Gasteiger partial charge in [0.25, 0.3) is 10.0 Å². The summed E-state index contributed by atoms with van der Waals surface area (Å²) in [6.45, 7) is 8.08. The Morgan fingerprint density at radius 2 is 1.61 bits per heavy atom. The summed E-state index contributed by atoms with van der Waals surface area (Å²) in [5, 5.41) is 0. The summed E-state index contributed by atoms with van der Waals surface area (Å²) < 4.78 is 41.7. The number of hydrogen-bond donors (Lipinski definition) is 1. The fourth-order valence-electron chi connectivity index (χ4n) is 4.88. The summed E-state index contributed by atoms with van der Waals surface area (Å²) in [6, 6.07) is 29.2. The zero-order valence-corrected chi connectivity index (χ0v) is 26.2. The van der Waals surface area contributed by atoms with E-state index in [1.165, 1.54) is 0 Å². The molecule has 5 aromatic rings. The van der Waals surface area contributed by atoms with Gasteiger partial charge in [0.2, 0.25) is 0 Å². The molecule has 0 saturated carbocycles. The lowest BCUT2D eigenvalue weighted by molar-refractivity contribution is 0.0207. The Morgan fingerprint density at radius 3 is 2.32 bits per heavy atom. The number of aromatic nitrogens is 2. The van der Waals surface area contributed by atoms with Crippen LogP contribution < -0.4 is 9.46 Å². The van der Waals surface area contributed by atoms with Gasteiger partial charge in [0, 0.05) is 18.5 Å². The number of benzene rings is 4. The Hall–Kier alpha value is -4.63. The molecular weight excluding hydrogens is 574 g/mol. The van der Waals surface area contributed by atoms with Crippen molar-refractivity contribution >= 4 is 32.9 Å². The lowest BCUT2D eigenvalue weighted by Crippen LogP contribution is -2.26. The highest BCUT2D eigenvalue weighted by molar-refractivity contribution is 7.92. The van der Waals surface area contributed by atoms with Gasteiger partial charge in [0.05, 0.1) is 21.6 Å². The number of fused-ring (bicyclic) bond motifs is 1. The second-order valence-corrected chi connectivity index (χ2v) is 13.3. The van der Waals surface area contributed by atoms with Crippen molar-refractivity contribution in [2.45, 2.75) is 64.0 Å². The van der Waals surface area contributed by atoms with E-state index in [-0.39, 0.29) is 4.90 Å². The zero-order chi connectivity index (χ0) is 31.3. The molecule has 1 heterocycles. The van der Waals surface area contributed by atoms with Crippen molar-refractivity contribution in [2.24, 2.45) is 0 Å². The van der Waals surface area contributed by atoms with Gasteiger partial charge in [-0.05, 0) is 74.7 Å². The molecule has 8 nitrogen and oxygen atoms in total. The lowest BCUT2D eigenvalue weighted by atomic mass is 10.0. The maximum atomic E-state index is 13.0. The predicted octanol–water partition coefficient (Wildman–Crippen LogP) is 8.21. The van der Waals surface area contributed by atoms with Crippen LogP contribution in [0.25, 0.3) is 22.2 Å². The van der Waals surface area contributed by atoms with Gasteiger partial charge in [-0.1, -0.05) is 74.0 Å². The normalized spacial score (nSPS) is 11.8. The maximum Gasteiger partial charge on any atom is 0.514 e. The van der Waals surface area contributed by atoms with Gasteiger partial charge >= 0.3 is 6.16 Å². The average molecular weight is 612 g/mol. The molecule has 0 bridgehead atoms. The van der Waals surface area contributed by atoms with Crippen LogP contribution >= 0.6 is 0 Å². The molecule has 0 amide bonds. The van der Waals surface area contributed by atoms with Crippen molar-refractivity contribution in [3.8, 4) is 16.9 Å². The highest BCUT2D eigenvalue weighted by Crippen LogP contribution is 2.31. The summed E-state index contributed by atoms with van der Waals surface area (Å²) in [6.07, 6.45) is 2.08. The minimum atomic E-state index is -3.73. The number of unbranched alkanes of at least 4 members (excludes halogenated alkanes) is 1. The number of rotatable bonds is 10. The van der Waals surface area contributed by atoms with E-state index < -0.39 is 21.8 Å². The van der Waals surface area contributed by atoms with Crippen molar-refractivity contribution in [3.05, 3.63) is 108 Å². The number of anilines is 1. The van der Waals surface area contributed by atoms with Gasteiger partial charge in [-0.25, -0.2) is 18.2 Å². The summed E-state index contributed by atoms with van der Waals surface area (Å²) in [5.41, 5.74) is 4.19. The molecule has 0 unspecified atom stereocenters. The minimum Gasteiger partial charge on any atom is -0.428 e. The number of nitrogens with zero attached hydrogens (tertiary/aromatic N) is 2. The van der Waals surface area contributed by atoms with Gasteiger partial charge in [-0.15, -0.1) is 0 Å². The van der Waals surface area contributed by atoms with Crippen LogP contribution in [0.3, 0.4) is 0 Å². The first-order valence-electron chi connectivity index (χ1n) is 14.7. The fourth-order valence-corrected chi connectivity index (χ4v) is 5.95. The number of para-hydroxylation sites is 1. The monoisotopic (exact) mass is 611 g/mol. The first kappa shape index (κ1) is 30.8. The Balaban J connectivity index is 1.42. The van der Waals surface area contributed by atoms with Crippen molar-refractivity contribution < 1.29 is 22.7 Å². The molecule has 0 fully saturated rings. The molecule has 0 aliphatic rings. The third-order valence-electron chi connectivity index (χ3n) is 6.96. The van der Waals surface area contributed by atoms with Crippen LogP contribution in [0.5, 0.6) is 5.75 Å². The predicted molar refractivity (Wildman–Crippen MR) is 173 cm³/mol. The summed E-state index contributed by atoms with van der Waals surface area (Å²) in [4.78, 5) is 17.4. The number of imidazole rings is 1. The molecule has 228 valence electrons. The van der Waals surface area contributed by atoms with Crippen molar-refractivity contribution in [2.75, 3.05) is 4.72 Å². The summed E-state index contributed by atoms with van der Waals surface area (Å²) >= 11 is 0. The molecule has 44 heavy (non-hydrogen) atoms. The van der Waals surface area contributed by atoms with Crippen LogP contribution in [0.1, 0.15) is 51.9 Å². The number of ether oxygens (including phenoxy) is 2. The van der Waals surface area contributed by atoms with Crippen molar-refractivity contribution in [3.63, 3.8) is 0 Å². The SMILES string of the molecule is CCCCc1nc2ccc(NS(=O)(=O)c3ccccc3)cc2n1Cc1ccc(-c2ccccc2OC(=O)OC(C)(C)C)cc1. The van der Waals surface area contributed by atoms with E-state index in [2.05, 4.69) is 16.2 Å². The van der Waals surface area contributed by atoms with E-state index in [9.17, 15) is 13.2 Å². The lowest BCUT2D eigenvalue weighted by Gasteiger charge is -2.19. The number of hydrogen-bond acceptors (Lipinski definition) is 6.